The van der Waals surface area contributed by atoms with Gasteiger partial charge < -0.3 is 4.90 Å². The number of rotatable bonds is 3. The lowest BCUT2D eigenvalue weighted by atomic mass is 9.83. The van der Waals surface area contributed by atoms with Gasteiger partial charge in [0.25, 0.3) is 0 Å². The quantitative estimate of drug-likeness (QED) is 0.457. The Hall–Kier alpha value is -2.00. The van der Waals surface area contributed by atoms with Crippen LogP contribution >= 0.6 is 0 Å². The molecule has 1 aromatic rings. The minimum Gasteiger partial charge on any atom is -0.314 e. The second-order valence-electron chi connectivity index (χ2n) is 4.65. The van der Waals surface area contributed by atoms with Crippen molar-refractivity contribution in [3.8, 4) is 0 Å². The van der Waals surface area contributed by atoms with Crippen molar-refractivity contribution in [1.29, 1.82) is 0 Å². The standard InChI is InChI=1S/C13H15N4O/c1-4-9-5-6-11-10(7-9)13(2,8-15-16-14)12(18)17(11)3/h4-7H,8H2,1-3H3. The Balaban J connectivity index is 2.58. The summed E-state index contributed by atoms with van der Waals surface area (Å²) in [6, 6.07) is 5.90. The normalized spacial score (nSPS) is 21.7. The third-order valence-corrected chi connectivity index (χ3v) is 3.54. The fourth-order valence-corrected chi connectivity index (χ4v) is 2.39. The monoisotopic (exact) mass is 243 g/mol. The summed E-state index contributed by atoms with van der Waals surface area (Å²) in [5, 5.41) is 3.59. The molecule has 93 valence electrons. The van der Waals surface area contributed by atoms with Crippen LogP contribution in [0, 0.1) is 6.42 Å². The van der Waals surface area contributed by atoms with Crippen LogP contribution in [-0.2, 0) is 10.2 Å². The summed E-state index contributed by atoms with van der Waals surface area (Å²) in [4.78, 5) is 16.7. The summed E-state index contributed by atoms with van der Waals surface area (Å²) in [6.45, 7) is 3.92. The molecule has 2 rings (SSSR count). The van der Waals surface area contributed by atoms with Crippen molar-refractivity contribution in [1.82, 2.24) is 0 Å². The molecule has 5 nitrogen and oxygen atoms in total. The first-order valence-electron chi connectivity index (χ1n) is 5.77. The van der Waals surface area contributed by atoms with Crippen LogP contribution in [0.25, 0.3) is 10.4 Å². The highest BCUT2D eigenvalue weighted by Gasteiger charge is 2.45. The van der Waals surface area contributed by atoms with E-state index in [-0.39, 0.29) is 12.5 Å². The van der Waals surface area contributed by atoms with Gasteiger partial charge in [-0.05, 0) is 36.1 Å². The summed E-state index contributed by atoms with van der Waals surface area (Å²) in [5.74, 6) is -0.0295. The molecule has 1 radical (unpaired) electrons. The van der Waals surface area contributed by atoms with Crippen LogP contribution in [0.15, 0.2) is 23.3 Å². The van der Waals surface area contributed by atoms with E-state index in [1.165, 1.54) is 0 Å². The lowest BCUT2D eigenvalue weighted by molar-refractivity contribution is -0.122. The van der Waals surface area contributed by atoms with Gasteiger partial charge in [0, 0.05) is 24.2 Å². The number of hydrogen-bond donors (Lipinski definition) is 0. The maximum Gasteiger partial charge on any atom is 0.237 e. The first kappa shape index (κ1) is 12.5. The largest absolute Gasteiger partial charge is 0.314 e. The molecule has 18 heavy (non-hydrogen) atoms. The molecule has 0 spiro atoms. The molecule has 0 bridgehead atoms. The Morgan fingerprint density at radius 3 is 2.89 bits per heavy atom. The van der Waals surface area contributed by atoms with Gasteiger partial charge in [-0.3, -0.25) is 4.79 Å². The van der Waals surface area contributed by atoms with E-state index in [9.17, 15) is 4.79 Å². The van der Waals surface area contributed by atoms with Crippen LogP contribution in [-0.4, -0.2) is 19.5 Å². The molecule has 0 aliphatic carbocycles. The van der Waals surface area contributed by atoms with Gasteiger partial charge in [0.2, 0.25) is 5.91 Å². The summed E-state index contributed by atoms with van der Waals surface area (Å²) in [5.41, 5.74) is 10.6. The van der Waals surface area contributed by atoms with E-state index in [2.05, 4.69) is 10.0 Å². The van der Waals surface area contributed by atoms with Gasteiger partial charge in [-0.2, -0.15) is 0 Å². The number of anilines is 1. The van der Waals surface area contributed by atoms with Gasteiger partial charge in [-0.15, -0.1) is 0 Å². The minimum atomic E-state index is -0.755. The molecule has 0 saturated heterocycles. The number of likely N-dealkylation sites (N-methyl/N-ethyl adjacent to an activating group) is 1. The maximum absolute atomic E-state index is 12.3. The van der Waals surface area contributed by atoms with Crippen molar-refractivity contribution >= 4 is 11.6 Å². The van der Waals surface area contributed by atoms with E-state index < -0.39 is 5.41 Å². The molecular weight excluding hydrogens is 228 g/mol. The van der Waals surface area contributed by atoms with Crippen LogP contribution in [0.4, 0.5) is 5.69 Å². The third kappa shape index (κ3) is 1.64. The lowest BCUT2D eigenvalue weighted by Gasteiger charge is -2.20. The van der Waals surface area contributed by atoms with Crippen molar-refractivity contribution in [3.63, 3.8) is 0 Å². The summed E-state index contributed by atoms with van der Waals surface area (Å²) >= 11 is 0. The molecule has 0 aromatic heterocycles. The Bertz CT molecular complexity index is 548. The van der Waals surface area contributed by atoms with Gasteiger partial charge in [0.05, 0.1) is 5.41 Å². The Morgan fingerprint density at radius 1 is 1.56 bits per heavy atom. The minimum absolute atomic E-state index is 0.0295. The Labute approximate surface area is 106 Å². The zero-order valence-corrected chi connectivity index (χ0v) is 10.7. The number of benzene rings is 1. The van der Waals surface area contributed by atoms with Crippen molar-refractivity contribution in [3.05, 3.63) is 46.2 Å². The highest BCUT2D eigenvalue weighted by atomic mass is 16.2. The van der Waals surface area contributed by atoms with E-state index in [1.807, 2.05) is 38.5 Å². The second-order valence-corrected chi connectivity index (χ2v) is 4.65. The fourth-order valence-electron chi connectivity index (χ4n) is 2.39. The van der Waals surface area contributed by atoms with Crippen LogP contribution in [0.1, 0.15) is 25.0 Å². The van der Waals surface area contributed by atoms with E-state index >= 15 is 0 Å². The maximum atomic E-state index is 12.3. The first-order valence-corrected chi connectivity index (χ1v) is 5.77. The third-order valence-electron chi connectivity index (χ3n) is 3.54. The number of azide groups is 1. The lowest BCUT2D eigenvalue weighted by Crippen LogP contribution is -2.38. The topological polar surface area (TPSA) is 69.1 Å². The fraction of sp³-hybridized carbons (Fsp3) is 0.385. The van der Waals surface area contributed by atoms with E-state index in [1.54, 1.807) is 11.9 Å². The SMILES string of the molecule is C[CH]c1ccc2c(c1)C(C)(CN=[N+]=[N-])C(=O)N2C. The number of hydrogen-bond acceptors (Lipinski definition) is 2. The Kier molecular flexibility index (Phi) is 3.01. The molecule has 0 saturated carbocycles. The number of carbonyl (C=O) groups is 1. The van der Waals surface area contributed by atoms with Gasteiger partial charge in [-0.1, -0.05) is 24.2 Å². The molecule has 1 aliphatic rings. The number of carbonyl (C=O) groups excluding carboxylic acids is 1. The molecule has 1 amide bonds. The predicted molar refractivity (Wildman–Crippen MR) is 70.3 cm³/mol. The average molecular weight is 243 g/mol. The number of fused-ring (bicyclic) bond motifs is 1. The van der Waals surface area contributed by atoms with Crippen molar-refractivity contribution in [2.45, 2.75) is 19.3 Å². The highest BCUT2D eigenvalue weighted by molar-refractivity contribution is 6.07. The summed E-state index contributed by atoms with van der Waals surface area (Å²) in [6.07, 6.45) is 1.98. The van der Waals surface area contributed by atoms with Crippen molar-refractivity contribution in [2.24, 2.45) is 5.11 Å². The summed E-state index contributed by atoms with van der Waals surface area (Å²) in [7, 11) is 1.75. The van der Waals surface area contributed by atoms with Crippen LogP contribution < -0.4 is 4.90 Å². The van der Waals surface area contributed by atoms with Crippen LogP contribution in [0.2, 0.25) is 0 Å². The predicted octanol–water partition coefficient (Wildman–Crippen LogP) is 2.80. The molecule has 0 N–H and O–H groups in total. The van der Waals surface area contributed by atoms with Gasteiger partial charge in [-0.25, -0.2) is 0 Å². The number of amides is 1. The molecule has 1 unspecified atom stereocenters. The van der Waals surface area contributed by atoms with Crippen LogP contribution in [0.3, 0.4) is 0 Å². The zero-order chi connectivity index (χ0) is 13.3. The second kappa shape index (κ2) is 4.35. The molecule has 1 aliphatic heterocycles. The molecule has 0 fully saturated rings. The van der Waals surface area contributed by atoms with Gasteiger partial charge in [0.15, 0.2) is 0 Å². The average Bonchev–Trinajstić information content (AvgIpc) is 2.59. The smallest absolute Gasteiger partial charge is 0.237 e. The van der Waals surface area contributed by atoms with E-state index in [4.69, 9.17) is 5.53 Å². The number of nitrogens with zero attached hydrogens (tertiary/aromatic N) is 4. The molecule has 1 aromatic carbocycles. The van der Waals surface area contributed by atoms with E-state index in [0.29, 0.717) is 0 Å². The van der Waals surface area contributed by atoms with Gasteiger partial charge >= 0.3 is 0 Å². The molecular formula is C13H15N4O. The highest BCUT2D eigenvalue weighted by Crippen LogP contribution is 2.41. The van der Waals surface area contributed by atoms with E-state index in [0.717, 1.165) is 16.8 Å². The molecule has 5 heteroatoms. The summed E-state index contributed by atoms with van der Waals surface area (Å²) < 4.78 is 0. The Morgan fingerprint density at radius 2 is 2.28 bits per heavy atom. The molecule has 1 atom stereocenters. The van der Waals surface area contributed by atoms with Crippen molar-refractivity contribution in [2.75, 3.05) is 18.5 Å². The van der Waals surface area contributed by atoms with Crippen LogP contribution in [0.5, 0.6) is 0 Å². The molecule has 1 heterocycles. The zero-order valence-electron chi connectivity index (χ0n) is 10.7. The first-order chi connectivity index (χ1) is 8.54. The van der Waals surface area contributed by atoms with Gasteiger partial charge in [0.1, 0.15) is 0 Å². The van der Waals surface area contributed by atoms with Crippen molar-refractivity contribution < 1.29 is 4.79 Å².